The molecule has 27 heavy (non-hydrogen) atoms. The second-order valence-electron chi connectivity index (χ2n) is 6.30. The lowest BCUT2D eigenvalue weighted by Gasteiger charge is -2.27. The summed E-state index contributed by atoms with van der Waals surface area (Å²) in [6, 6.07) is 5.03. The molecular formula is C17H23N3O6S. The highest BCUT2D eigenvalue weighted by Gasteiger charge is 2.29. The summed E-state index contributed by atoms with van der Waals surface area (Å²) in [5.41, 5.74) is 0.201. The van der Waals surface area contributed by atoms with Crippen molar-refractivity contribution in [2.24, 2.45) is 0 Å². The predicted octanol–water partition coefficient (Wildman–Crippen LogP) is 0.132. The maximum Gasteiger partial charge on any atom is 0.323 e. The molecule has 0 aliphatic carbocycles. The fraction of sp³-hybridized carbons (Fsp3) is 0.471. The number of carbonyl (C=O) groups is 3. The van der Waals surface area contributed by atoms with Gasteiger partial charge in [-0.25, -0.2) is 8.42 Å². The van der Waals surface area contributed by atoms with Crippen molar-refractivity contribution >= 4 is 27.8 Å². The van der Waals surface area contributed by atoms with Crippen LogP contribution in [0.1, 0.15) is 30.6 Å². The van der Waals surface area contributed by atoms with Crippen LogP contribution in [0.3, 0.4) is 0 Å². The summed E-state index contributed by atoms with van der Waals surface area (Å²) in [6.45, 7) is 3.33. The Balaban J connectivity index is 2.23. The summed E-state index contributed by atoms with van der Waals surface area (Å²) < 4.78 is 26.3. The molecule has 1 fully saturated rings. The Hall–Kier alpha value is -2.46. The zero-order chi connectivity index (χ0) is 20.2. The molecule has 10 heteroatoms. The summed E-state index contributed by atoms with van der Waals surface area (Å²) in [6.07, 6.45) is 0.586. The van der Waals surface area contributed by atoms with Crippen molar-refractivity contribution in [3.05, 3.63) is 29.8 Å². The van der Waals surface area contributed by atoms with Crippen LogP contribution in [0.25, 0.3) is 0 Å². The number of aliphatic carboxylic acids is 1. The molecule has 1 aliphatic heterocycles. The smallest absolute Gasteiger partial charge is 0.323 e. The van der Waals surface area contributed by atoms with Crippen molar-refractivity contribution in [3.8, 4) is 0 Å². The topological polar surface area (TPSA) is 124 Å². The van der Waals surface area contributed by atoms with E-state index in [-0.39, 0.29) is 42.0 Å². The van der Waals surface area contributed by atoms with Crippen molar-refractivity contribution in [2.75, 3.05) is 26.2 Å². The molecule has 1 aliphatic rings. The highest BCUT2D eigenvalue weighted by Crippen LogP contribution is 2.19. The summed E-state index contributed by atoms with van der Waals surface area (Å²) in [7, 11) is -3.84. The number of piperazine rings is 1. The van der Waals surface area contributed by atoms with Gasteiger partial charge in [0.15, 0.2) is 0 Å². The molecule has 1 unspecified atom stereocenters. The van der Waals surface area contributed by atoms with Gasteiger partial charge in [0.05, 0.1) is 11.4 Å². The second-order valence-corrected chi connectivity index (χ2v) is 8.23. The first-order valence-corrected chi connectivity index (χ1v) is 10.0. The normalized spacial score (nSPS) is 16.4. The molecule has 0 spiro atoms. The summed E-state index contributed by atoms with van der Waals surface area (Å²) in [5, 5.41) is 11.6. The maximum absolute atomic E-state index is 12.6. The fourth-order valence-electron chi connectivity index (χ4n) is 2.70. The minimum absolute atomic E-state index is 0.0259. The van der Waals surface area contributed by atoms with E-state index in [1.54, 1.807) is 6.92 Å². The van der Waals surface area contributed by atoms with Gasteiger partial charge >= 0.3 is 5.97 Å². The molecule has 2 N–H and O–H groups in total. The lowest BCUT2D eigenvalue weighted by molar-refractivity contribution is -0.138. The van der Waals surface area contributed by atoms with Gasteiger partial charge in [0.1, 0.15) is 6.54 Å². The minimum Gasteiger partial charge on any atom is -0.480 e. The van der Waals surface area contributed by atoms with Crippen molar-refractivity contribution < 1.29 is 27.9 Å². The quantitative estimate of drug-likeness (QED) is 0.674. The molecule has 148 valence electrons. The number of carboxylic acid groups (broad SMARTS) is 1. The average molecular weight is 397 g/mol. The zero-order valence-corrected chi connectivity index (χ0v) is 16.0. The number of hydrogen-bond acceptors (Lipinski definition) is 5. The number of sulfonamides is 1. The number of nitrogens with one attached hydrogen (secondary N) is 1. The van der Waals surface area contributed by atoms with Gasteiger partial charge in [-0.2, -0.15) is 4.31 Å². The van der Waals surface area contributed by atoms with E-state index in [0.717, 1.165) is 4.31 Å². The molecular weight excluding hydrogens is 374 g/mol. The predicted molar refractivity (Wildman–Crippen MR) is 96.6 cm³/mol. The molecule has 2 rings (SSSR count). The summed E-state index contributed by atoms with van der Waals surface area (Å²) in [4.78, 5) is 36.3. The van der Waals surface area contributed by atoms with Crippen LogP contribution >= 0.6 is 0 Å². The standard InChI is InChI=1S/C17H23N3O6S/c1-3-12(2)20(11-16(22)23)17(24)13-4-6-14(7-5-13)27(25,26)19-9-8-18-15(21)10-19/h4-7,12H,3,8-11H2,1-2H3,(H,18,21)(H,22,23). The van der Waals surface area contributed by atoms with E-state index in [2.05, 4.69) is 5.32 Å². The fourth-order valence-corrected chi connectivity index (χ4v) is 4.10. The molecule has 1 heterocycles. The van der Waals surface area contributed by atoms with Gasteiger partial charge in [-0.1, -0.05) is 6.92 Å². The Morgan fingerprint density at radius 3 is 2.44 bits per heavy atom. The van der Waals surface area contributed by atoms with Crippen molar-refractivity contribution in [2.45, 2.75) is 31.2 Å². The SMILES string of the molecule is CCC(C)N(CC(=O)O)C(=O)c1ccc(S(=O)(=O)N2CCNC(=O)C2)cc1. The maximum atomic E-state index is 12.6. The highest BCUT2D eigenvalue weighted by atomic mass is 32.2. The Bertz CT molecular complexity index is 822. The number of carbonyl (C=O) groups excluding carboxylic acids is 2. The van der Waals surface area contributed by atoms with E-state index in [9.17, 15) is 22.8 Å². The lowest BCUT2D eigenvalue weighted by Crippen LogP contribution is -2.49. The second kappa shape index (κ2) is 8.49. The van der Waals surface area contributed by atoms with E-state index in [4.69, 9.17) is 5.11 Å². The van der Waals surface area contributed by atoms with Crippen molar-refractivity contribution in [1.82, 2.24) is 14.5 Å². The Morgan fingerprint density at radius 2 is 1.93 bits per heavy atom. The number of hydrogen-bond donors (Lipinski definition) is 2. The number of amides is 2. The Kier molecular flexibility index (Phi) is 6.55. The molecule has 1 saturated heterocycles. The van der Waals surface area contributed by atoms with Crippen molar-refractivity contribution in [3.63, 3.8) is 0 Å². The van der Waals surface area contributed by atoms with Crippen LogP contribution in [-0.4, -0.2) is 72.7 Å². The molecule has 9 nitrogen and oxygen atoms in total. The third kappa shape index (κ3) is 4.83. The van der Waals surface area contributed by atoms with E-state index in [0.29, 0.717) is 6.42 Å². The highest BCUT2D eigenvalue weighted by molar-refractivity contribution is 7.89. The van der Waals surface area contributed by atoms with Crippen LogP contribution in [0.2, 0.25) is 0 Å². The third-order valence-corrected chi connectivity index (χ3v) is 6.29. The average Bonchev–Trinajstić information content (AvgIpc) is 2.65. The van der Waals surface area contributed by atoms with Gasteiger partial charge in [0.25, 0.3) is 5.91 Å². The lowest BCUT2D eigenvalue weighted by atomic mass is 10.1. The van der Waals surface area contributed by atoms with Crippen LogP contribution < -0.4 is 5.32 Å². The number of nitrogens with zero attached hydrogens (tertiary/aromatic N) is 2. The van der Waals surface area contributed by atoms with Crippen LogP contribution in [-0.2, 0) is 19.6 Å². The van der Waals surface area contributed by atoms with Gasteiger partial charge in [-0.15, -0.1) is 0 Å². The van der Waals surface area contributed by atoms with Gasteiger partial charge in [-0.3, -0.25) is 14.4 Å². The Labute approximate surface area is 158 Å². The molecule has 0 saturated carbocycles. The first-order valence-electron chi connectivity index (χ1n) is 8.56. The molecule has 0 radical (unpaired) electrons. The van der Waals surface area contributed by atoms with Crippen LogP contribution in [0, 0.1) is 0 Å². The first kappa shape index (κ1) is 20.8. The minimum atomic E-state index is -3.84. The molecule has 0 bridgehead atoms. The van der Waals surface area contributed by atoms with E-state index >= 15 is 0 Å². The molecule has 1 atom stereocenters. The number of carboxylic acids is 1. The van der Waals surface area contributed by atoms with E-state index < -0.39 is 28.4 Å². The molecule has 1 aromatic rings. The van der Waals surface area contributed by atoms with Gasteiger partial charge in [0, 0.05) is 24.7 Å². The molecule has 0 aromatic heterocycles. The molecule has 1 aromatic carbocycles. The summed E-state index contributed by atoms with van der Waals surface area (Å²) in [5.74, 6) is -1.96. The summed E-state index contributed by atoms with van der Waals surface area (Å²) >= 11 is 0. The number of benzene rings is 1. The van der Waals surface area contributed by atoms with Crippen LogP contribution in [0.4, 0.5) is 0 Å². The van der Waals surface area contributed by atoms with Crippen LogP contribution in [0.15, 0.2) is 29.2 Å². The van der Waals surface area contributed by atoms with Gasteiger partial charge < -0.3 is 15.3 Å². The Morgan fingerprint density at radius 1 is 1.30 bits per heavy atom. The van der Waals surface area contributed by atoms with E-state index in [1.807, 2.05) is 6.92 Å². The third-order valence-electron chi connectivity index (χ3n) is 4.43. The number of rotatable bonds is 7. The monoisotopic (exact) mass is 397 g/mol. The van der Waals surface area contributed by atoms with Crippen LogP contribution in [0.5, 0.6) is 0 Å². The van der Waals surface area contributed by atoms with Crippen molar-refractivity contribution in [1.29, 1.82) is 0 Å². The van der Waals surface area contributed by atoms with Gasteiger partial charge in [-0.05, 0) is 37.6 Å². The largest absolute Gasteiger partial charge is 0.480 e. The van der Waals surface area contributed by atoms with E-state index in [1.165, 1.54) is 29.2 Å². The zero-order valence-electron chi connectivity index (χ0n) is 15.2. The first-order chi connectivity index (χ1) is 12.7. The molecule has 2 amide bonds. The van der Waals surface area contributed by atoms with Gasteiger partial charge in [0.2, 0.25) is 15.9 Å².